The van der Waals surface area contributed by atoms with Crippen LogP contribution < -0.4 is 9.47 Å². The number of rotatable bonds is 7. The van der Waals surface area contributed by atoms with Gasteiger partial charge in [-0.25, -0.2) is 0 Å². The first kappa shape index (κ1) is 21.0. The van der Waals surface area contributed by atoms with Crippen LogP contribution in [0.4, 0.5) is 0 Å². The summed E-state index contributed by atoms with van der Waals surface area (Å²) in [5, 5.41) is 0. The van der Waals surface area contributed by atoms with Crippen LogP contribution in [-0.2, 0) is 4.79 Å². The number of likely N-dealkylation sites (tertiary alicyclic amines) is 1. The summed E-state index contributed by atoms with van der Waals surface area (Å²) >= 11 is 0. The molecule has 1 aliphatic heterocycles. The van der Waals surface area contributed by atoms with E-state index in [1.807, 2.05) is 59.5 Å². The summed E-state index contributed by atoms with van der Waals surface area (Å²) in [6.45, 7) is 0.764. The Hall–Kier alpha value is -3.27. The largest absolute Gasteiger partial charge is 0.497 e. The highest BCUT2D eigenvalue weighted by Crippen LogP contribution is 2.40. The zero-order valence-corrected chi connectivity index (χ0v) is 18.2. The predicted octanol–water partition coefficient (Wildman–Crippen LogP) is 5.59. The number of carbonyl (C=O) groups excluding carboxylic acids is 1. The molecule has 0 aromatic heterocycles. The van der Waals surface area contributed by atoms with E-state index in [1.165, 1.54) is 0 Å². The van der Waals surface area contributed by atoms with Gasteiger partial charge in [-0.3, -0.25) is 4.79 Å². The van der Waals surface area contributed by atoms with Crippen LogP contribution in [0.5, 0.6) is 11.5 Å². The maximum absolute atomic E-state index is 13.6. The van der Waals surface area contributed by atoms with E-state index in [0.717, 1.165) is 47.6 Å². The van der Waals surface area contributed by atoms with Gasteiger partial charge in [-0.05, 0) is 42.2 Å². The van der Waals surface area contributed by atoms with Gasteiger partial charge >= 0.3 is 0 Å². The number of benzene rings is 3. The maximum Gasteiger partial charge on any atom is 0.224 e. The molecule has 0 aliphatic carbocycles. The Bertz CT molecular complexity index is 964. The molecule has 3 aromatic rings. The average Bonchev–Trinajstić information content (AvgIpc) is 3.33. The Morgan fingerprint density at radius 2 is 1.58 bits per heavy atom. The third-order valence-corrected chi connectivity index (χ3v) is 6.15. The van der Waals surface area contributed by atoms with Gasteiger partial charge in [0.05, 0.1) is 20.3 Å². The molecule has 0 spiro atoms. The Kier molecular flexibility index (Phi) is 6.56. The molecule has 4 rings (SSSR count). The molecule has 1 saturated heterocycles. The molecule has 1 aliphatic rings. The number of hydrogen-bond donors (Lipinski definition) is 0. The number of hydrogen-bond acceptors (Lipinski definition) is 3. The lowest BCUT2D eigenvalue weighted by atomic mass is 9.88. The molecule has 4 nitrogen and oxygen atoms in total. The summed E-state index contributed by atoms with van der Waals surface area (Å²) in [5.74, 6) is 1.78. The van der Waals surface area contributed by atoms with Crippen molar-refractivity contribution in [1.29, 1.82) is 0 Å². The topological polar surface area (TPSA) is 38.8 Å². The number of carbonyl (C=O) groups is 1. The van der Waals surface area contributed by atoms with Crippen LogP contribution in [0.25, 0.3) is 0 Å². The van der Waals surface area contributed by atoms with E-state index < -0.39 is 0 Å². The zero-order valence-electron chi connectivity index (χ0n) is 18.2. The Balaban J connectivity index is 1.62. The minimum Gasteiger partial charge on any atom is -0.497 e. The first-order chi connectivity index (χ1) is 15.2. The summed E-state index contributed by atoms with van der Waals surface area (Å²) in [7, 11) is 3.33. The van der Waals surface area contributed by atoms with Crippen LogP contribution >= 0.6 is 0 Å². The molecule has 1 amide bonds. The number of ether oxygens (including phenoxy) is 2. The highest BCUT2D eigenvalue weighted by Gasteiger charge is 2.33. The average molecular weight is 416 g/mol. The van der Waals surface area contributed by atoms with E-state index in [1.54, 1.807) is 14.2 Å². The molecule has 1 unspecified atom stereocenters. The van der Waals surface area contributed by atoms with Crippen LogP contribution in [0.3, 0.4) is 0 Å². The smallest absolute Gasteiger partial charge is 0.224 e. The molecule has 160 valence electrons. The van der Waals surface area contributed by atoms with Gasteiger partial charge in [0.2, 0.25) is 5.91 Å². The van der Waals surface area contributed by atoms with Gasteiger partial charge in [0, 0.05) is 24.4 Å². The van der Waals surface area contributed by atoms with Gasteiger partial charge in [0.15, 0.2) is 0 Å². The normalized spacial score (nSPS) is 15.8. The quantitative estimate of drug-likeness (QED) is 0.505. The second-order valence-electron chi connectivity index (χ2n) is 7.93. The zero-order chi connectivity index (χ0) is 21.6. The molecule has 1 fully saturated rings. The molecule has 31 heavy (non-hydrogen) atoms. The van der Waals surface area contributed by atoms with E-state index in [9.17, 15) is 4.79 Å². The van der Waals surface area contributed by atoms with Gasteiger partial charge in [-0.15, -0.1) is 0 Å². The van der Waals surface area contributed by atoms with Crippen molar-refractivity contribution in [2.24, 2.45) is 0 Å². The molecule has 0 saturated carbocycles. The van der Waals surface area contributed by atoms with Crippen molar-refractivity contribution in [3.05, 3.63) is 95.6 Å². The molecule has 1 atom stereocenters. The Morgan fingerprint density at radius 3 is 2.16 bits per heavy atom. The monoisotopic (exact) mass is 415 g/mol. The van der Waals surface area contributed by atoms with E-state index in [0.29, 0.717) is 6.42 Å². The fraction of sp³-hybridized carbons (Fsp3) is 0.296. The number of nitrogens with zero attached hydrogens (tertiary/aromatic N) is 1. The molecule has 0 N–H and O–H groups in total. The maximum atomic E-state index is 13.6. The number of methoxy groups -OCH3 is 2. The molecule has 3 aromatic carbocycles. The molecule has 0 radical (unpaired) electrons. The van der Waals surface area contributed by atoms with Crippen molar-refractivity contribution < 1.29 is 14.3 Å². The lowest BCUT2D eigenvalue weighted by Gasteiger charge is -2.28. The molecular formula is C27H29NO3. The van der Waals surface area contributed by atoms with Crippen LogP contribution in [0, 0.1) is 0 Å². The second-order valence-corrected chi connectivity index (χ2v) is 7.93. The standard InChI is InChI=1S/C27H29NO3/c1-30-22-15-16-26(31-2)24(18-22)25-14-9-17-28(25)27(29)19-23(20-10-5-3-6-11-20)21-12-7-4-8-13-21/h3-8,10-13,15-16,18,23,25H,9,14,17,19H2,1-2H3. The first-order valence-electron chi connectivity index (χ1n) is 10.8. The predicted molar refractivity (Wildman–Crippen MR) is 123 cm³/mol. The van der Waals surface area contributed by atoms with Gasteiger partial charge < -0.3 is 14.4 Å². The fourth-order valence-corrected chi connectivity index (χ4v) is 4.58. The van der Waals surface area contributed by atoms with Crippen LogP contribution in [0.2, 0.25) is 0 Å². The summed E-state index contributed by atoms with van der Waals surface area (Å²) in [5.41, 5.74) is 3.34. The van der Waals surface area contributed by atoms with Crippen molar-refractivity contribution in [3.63, 3.8) is 0 Å². The molecule has 1 heterocycles. The van der Waals surface area contributed by atoms with Crippen LogP contribution in [0.15, 0.2) is 78.9 Å². The van der Waals surface area contributed by atoms with Gasteiger partial charge in [-0.2, -0.15) is 0 Å². The van der Waals surface area contributed by atoms with Crippen molar-refractivity contribution in [2.75, 3.05) is 20.8 Å². The SMILES string of the molecule is COc1ccc(OC)c(C2CCCN2C(=O)CC(c2ccccc2)c2ccccc2)c1. The summed E-state index contributed by atoms with van der Waals surface area (Å²) < 4.78 is 11.0. The third kappa shape index (κ3) is 4.58. The van der Waals surface area contributed by atoms with Crippen molar-refractivity contribution >= 4 is 5.91 Å². The second kappa shape index (κ2) is 9.69. The lowest BCUT2D eigenvalue weighted by Crippen LogP contribution is -2.32. The lowest BCUT2D eigenvalue weighted by molar-refractivity contribution is -0.132. The fourth-order valence-electron chi connectivity index (χ4n) is 4.58. The summed E-state index contributed by atoms with van der Waals surface area (Å²) in [6, 6.07) is 26.4. The summed E-state index contributed by atoms with van der Waals surface area (Å²) in [4.78, 5) is 15.6. The van der Waals surface area contributed by atoms with Crippen molar-refractivity contribution in [3.8, 4) is 11.5 Å². The highest BCUT2D eigenvalue weighted by molar-refractivity contribution is 5.79. The Labute approximate surface area is 184 Å². The number of amides is 1. The highest BCUT2D eigenvalue weighted by atomic mass is 16.5. The van der Waals surface area contributed by atoms with Crippen LogP contribution in [0.1, 0.15) is 47.9 Å². The molecule has 0 bridgehead atoms. The van der Waals surface area contributed by atoms with Crippen molar-refractivity contribution in [1.82, 2.24) is 4.90 Å². The van der Waals surface area contributed by atoms with E-state index in [4.69, 9.17) is 9.47 Å². The van der Waals surface area contributed by atoms with Gasteiger partial charge in [0.1, 0.15) is 11.5 Å². The van der Waals surface area contributed by atoms with E-state index in [-0.39, 0.29) is 17.9 Å². The molecular weight excluding hydrogens is 386 g/mol. The van der Waals surface area contributed by atoms with Gasteiger partial charge in [0.25, 0.3) is 0 Å². The third-order valence-electron chi connectivity index (χ3n) is 6.15. The minimum atomic E-state index is 0.00440. The summed E-state index contributed by atoms with van der Waals surface area (Å²) in [6.07, 6.45) is 2.35. The van der Waals surface area contributed by atoms with E-state index in [2.05, 4.69) is 24.3 Å². The van der Waals surface area contributed by atoms with Crippen LogP contribution in [-0.4, -0.2) is 31.6 Å². The van der Waals surface area contributed by atoms with E-state index >= 15 is 0 Å². The van der Waals surface area contributed by atoms with Crippen molar-refractivity contribution in [2.45, 2.75) is 31.2 Å². The first-order valence-corrected chi connectivity index (χ1v) is 10.8. The Morgan fingerprint density at radius 1 is 0.935 bits per heavy atom. The van der Waals surface area contributed by atoms with Gasteiger partial charge in [-0.1, -0.05) is 60.7 Å². The molecule has 4 heteroatoms. The minimum absolute atomic E-state index is 0.00440.